The molecule has 4 aromatic rings. The van der Waals surface area contributed by atoms with E-state index >= 15 is 0 Å². The molecule has 1 saturated heterocycles. The summed E-state index contributed by atoms with van der Waals surface area (Å²) in [5, 5.41) is 0.155. The molecule has 2 aromatic carbocycles. The van der Waals surface area contributed by atoms with E-state index in [0.29, 0.717) is 28.1 Å². The fourth-order valence-electron chi connectivity index (χ4n) is 3.76. The Labute approximate surface area is 187 Å². The summed E-state index contributed by atoms with van der Waals surface area (Å²) >= 11 is 0. The molecule has 1 aliphatic heterocycles. The van der Waals surface area contributed by atoms with Gasteiger partial charge in [0.2, 0.25) is 0 Å². The number of H-pyrrole nitrogens is 1. The molecule has 0 bridgehead atoms. The summed E-state index contributed by atoms with van der Waals surface area (Å²) in [5.74, 6) is -1.61. The zero-order chi connectivity index (χ0) is 23.3. The molecule has 1 aliphatic rings. The van der Waals surface area contributed by atoms with Crippen LogP contribution in [0.2, 0.25) is 0 Å². The third kappa shape index (κ3) is 3.61. The molecule has 170 valence electrons. The van der Waals surface area contributed by atoms with E-state index in [2.05, 4.69) is 4.98 Å². The van der Waals surface area contributed by atoms with Crippen molar-refractivity contribution < 1.29 is 22.5 Å². The summed E-state index contributed by atoms with van der Waals surface area (Å²) in [4.78, 5) is 15.7. The normalized spacial score (nSPS) is 15.8. The lowest BCUT2D eigenvalue weighted by atomic mass is 10.0. The standard InChI is InChI=1S/C23H19F2N3O4S/c1-28-10-18(16-6-7-27-22(16)23(28)29)17-9-14(33(26,30)15-11-31-12-15)3-5-20(17)32-21-4-2-13(24)8-19(21)25/h2-10,15,26-27H,11-12H2,1H3. The molecule has 0 saturated carbocycles. The van der Waals surface area contributed by atoms with E-state index in [4.69, 9.17) is 14.3 Å². The highest BCUT2D eigenvalue weighted by Crippen LogP contribution is 2.39. The molecular weight excluding hydrogens is 452 g/mol. The number of hydrogen-bond donors (Lipinski definition) is 2. The van der Waals surface area contributed by atoms with Crippen molar-refractivity contribution in [3.05, 3.63) is 76.8 Å². The van der Waals surface area contributed by atoms with Gasteiger partial charge in [0.25, 0.3) is 5.56 Å². The van der Waals surface area contributed by atoms with Gasteiger partial charge in [-0.2, -0.15) is 0 Å². The molecule has 10 heteroatoms. The molecule has 0 aliphatic carbocycles. The van der Waals surface area contributed by atoms with Crippen molar-refractivity contribution in [3.8, 4) is 22.6 Å². The molecule has 7 nitrogen and oxygen atoms in total. The topological polar surface area (TPSA) is 97.2 Å². The average Bonchev–Trinajstić information content (AvgIpc) is 3.21. The number of halogens is 2. The minimum atomic E-state index is -3.17. The maximum Gasteiger partial charge on any atom is 0.274 e. The van der Waals surface area contributed by atoms with Crippen LogP contribution >= 0.6 is 0 Å². The van der Waals surface area contributed by atoms with Crippen LogP contribution in [0.1, 0.15) is 0 Å². The van der Waals surface area contributed by atoms with Crippen LogP contribution in [0, 0.1) is 16.4 Å². The predicted octanol–water partition coefficient (Wildman–Crippen LogP) is 4.41. The number of pyridine rings is 1. The van der Waals surface area contributed by atoms with E-state index in [1.807, 2.05) is 0 Å². The molecule has 1 atom stereocenters. The van der Waals surface area contributed by atoms with Crippen LogP contribution in [-0.2, 0) is 21.5 Å². The fourth-order valence-corrected chi connectivity index (χ4v) is 5.28. The lowest BCUT2D eigenvalue weighted by Crippen LogP contribution is -2.40. The number of benzene rings is 2. The smallest absolute Gasteiger partial charge is 0.274 e. The summed E-state index contributed by atoms with van der Waals surface area (Å²) in [6.45, 7) is 0.469. The van der Waals surface area contributed by atoms with Crippen molar-refractivity contribution in [2.75, 3.05) is 13.2 Å². The van der Waals surface area contributed by atoms with E-state index < -0.39 is 26.6 Å². The van der Waals surface area contributed by atoms with Crippen molar-refractivity contribution in [1.29, 1.82) is 4.78 Å². The van der Waals surface area contributed by atoms with Gasteiger partial charge in [0.15, 0.2) is 11.6 Å². The fraction of sp³-hybridized carbons (Fsp3) is 0.174. The molecule has 1 fully saturated rings. The molecule has 1 unspecified atom stereocenters. The van der Waals surface area contributed by atoms with Crippen molar-refractivity contribution in [2.24, 2.45) is 7.05 Å². The van der Waals surface area contributed by atoms with Gasteiger partial charge in [-0.3, -0.25) is 4.79 Å². The SMILES string of the molecule is Cn1cc(-c2cc(S(=N)(=O)C3COC3)ccc2Oc2ccc(F)cc2F)c2cc[nH]c2c1=O. The number of aryl methyl sites for hydroxylation is 1. The maximum absolute atomic E-state index is 14.3. The summed E-state index contributed by atoms with van der Waals surface area (Å²) in [5.41, 5.74) is 1.10. The summed E-state index contributed by atoms with van der Waals surface area (Å²) in [7, 11) is -1.58. The molecule has 0 radical (unpaired) electrons. The molecule has 5 rings (SSSR count). The number of nitrogens with zero attached hydrogens (tertiary/aromatic N) is 1. The van der Waals surface area contributed by atoms with Gasteiger partial charge in [-0.05, 0) is 36.4 Å². The van der Waals surface area contributed by atoms with Crippen LogP contribution in [0.15, 0.2) is 64.5 Å². The van der Waals surface area contributed by atoms with Crippen LogP contribution < -0.4 is 10.3 Å². The Bertz CT molecular complexity index is 1560. The first-order valence-electron chi connectivity index (χ1n) is 10.0. The van der Waals surface area contributed by atoms with Crippen molar-refractivity contribution in [2.45, 2.75) is 10.1 Å². The molecular formula is C23H19F2N3O4S. The first-order chi connectivity index (χ1) is 15.8. The summed E-state index contributed by atoms with van der Waals surface area (Å²) < 4.78 is 61.7. The first-order valence-corrected chi connectivity index (χ1v) is 11.7. The third-order valence-electron chi connectivity index (χ3n) is 5.68. The van der Waals surface area contributed by atoms with Gasteiger partial charge in [-0.25, -0.2) is 17.8 Å². The minimum Gasteiger partial charge on any atom is -0.454 e. The van der Waals surface area contributed by atoms with Crippen molar-refractivity contribution >= 4 is 20.6 Å². The quantitative estimate of drug-likeness (QED) is 0.451. The lowest BCUT2D eigenvalue weighted by molar-refractivity contribution is 0.0427. The summed E-state index contributed by atoms with van der Waals surface area (Å²) in [6, 6.07) is 9.27. The number of fused-ring (bicyclic) bond motifs is 1. The Hall–Kier alpha value is -3.50. The van der Waals surface area contributed by atoms with Gasteiger partial charge >= 0.3 is 0 Å². The molecule has 33 heavy (non-hydrogen) atoms. The zero-order valence-corrected chi connectivity index (χ0v) is 18.2. The van der Waals surface area contributed by atoms with Crippen molar-refractivity contribution in [1.82, 2.24) is 9.55 Å². The maximum atomic E-state index is 14.3. The van der Waals surface area contributed by atoms with Crippen LogP contribution in [0.4, 0.5) is 8.78 Å². The van der Waals surface area contributed by atoms with Crippen LogP contribution in [0.3, 0.4) is 0 Å². The second kappa shape index (κ2) is 7.82. The minimum absolute atomic E-state index is 0.195. The lowest BCUT2D eigenvalue weighted by Gasteiger charge is -2.28. The van der Waals surface area contributed by atoms with E-state index in [1.54, 1.807) is 31.6 Å². The van der Waals surface area contributed by atoms with Gasteiger partial charge in [0.05, 0.1) is 28.2 Å². The Morgan fingerprint density at radius 3 is 2.58 bits per heavy atom. The van der Waals surface area contributed by atoms with Gasteiger partial charge in [0.1, 0.15) is 17.1 Å². The van der Waals surface area contributed by atoms with E-state index in [9.17, 15) is 17.8 Å². The van der Waals surface area contributed by atoms with Gasteiger partial charge in [0, 0.05) is 46.9 Å². The van der Waals surface area contributed by atoms with Crippen LogP contribution in [0.5, 0.6) is 11.5 Å². The van der Waals surface area contributed by atoms with Crippen molar-refractivity contribution in [3.63, 3.8) is 0 Å². The van der Waals surface area contributed by atoms with E-state index in [-0.39, 0.29) is 35.2 Å². The second-order valence-electron chi connectivity index (χ2n) is 7.82. The van der Waals surface area contributed by atoms with Crippen LogP contribution in [-0.4, -0.2) is 32.2 Å². The highest BCUT2D eigenvalue weighted by molar-refractivity contribution is 7.93. The largest absolute Gasteiger partial charge is 0.454 e. The van der Waals surface area contributed by atoms with E-state index in [1.165, 1.54) is 22.8 Å². The highest BCUT2D eigenvalue weighted by Gasteiger charge is 2.31. The molecule has 2 aromatic heterocycles. The highest BCUT2D eigenvalue weighted by atomic mass is 32.2. The molecule has 0 spiro atoms. The number of nitrogens with one attached hydrogen (secondary N) is 2. The first kappa shape index (κ1) is 21.4. The van der Waals surface area contributed by atoms with Gasteiger partial charge in [-0.15, -0.1) is 0 Å². The zero-order valence-electron chi connectivity index (χ0n) is 17.4. The van der Waals surface area contributed by atoms with E-state index in [0.717, 1.165) is 6.07 Å². The third-order valence-corrected chi connectivity index (χ3v) is 7.84. The predicted molar refractivity (Wildman–Crippen MR) is 119 cm³/mol. The summed E-state index contributed by atoms with van der Waals surface area (Å²) in [6.07, 6.45) is 3.22. The number of hydrogen-bond acceptors (Lipinski definition) is 5. The molecule has 2 N–H and O–H groups in total. The molecule has 3 heterocycles. The van der Waals surface area contributed by atoms with Gasteiger partial charge < -0.3 is 19.0 Å². The Morgan fingerprint density at radius 2 is 1.88 bits per heavy atom. The Kier molecular flexibility index (Phi) is 5.06. The van der Waals surface area contributed by atoms with Crippen LogP contribution in [0.25, 0.3) is 22.0 Å². The second-order valence-corrected chi connectivity index (χ2v) is 10.2. The number of aromatic nitrogens is 2. The number of rotatable bonds is 5. The molecule has 0 amide bonds. The van der Waals surface area contributed by atoms with Gasteiger partial charge in [-0.1, -0.05) is 0 Å². The Balaban J connectivity index is 1.73. The monoisotopic (exact) mass is 471 g/mol. The average molecular weight is 471 g/mol. The Morgan fingerprint density at radius 1 is 1.12 bits per heavy atom. The number of ether oxygens (including phenoxy) is 2. The number of aromatic amines is 1.